The van der Waals surface area contributed by atoms with Gasteiger partial charge in [0.05, 0.1) is 0 Å². The third-order valence-corrected chi connectivity index (χ3v) is 3.03. The van der Waals surface area contributed by atoms with Gasteiger partial charge in [0.25, 0.3) is 0 Å². The van der Waals surface area contributed by atoms with E-state index in [4.69, 9.17) is 0 Å². The maximum Gasteiger partial charge on any atom is 0.248 e. The predicted molar refractivity (Wildman–Crippen MR) is 66.5 cm³/mol. The van der Waals surface area contributed by atoms with Gasteiger partial charge in [-0.3, -0.25) is 9.59 Å². The summed E-state index contributed by atoms with van der Waals surface area (Å²) in [6.07, 6.45) is 2.57. The Kier molecular flexibility index (Phi) is 3.42. The normalized spacial score (nSPS) is 18.9. The predicted octanol–water partition coefficient (Wildman–Crippen LogP) is 1.37. The van der Waals surface area contributed by atoms with Gasteiger partial charge in [-0.15, -0.1) is 0 Å². The van der Waals surface area contributed by atoms with Crippen LogP contribution < -0.4 is 10.6 Å². The van der Waals surface area contributed by atoms with Gasteiger partial charge in [-0.25, -0.2) is 4.98 Å². The number of halogens is 1. The average molecular weight is 298 g/mol. The molecule has 90 valence electrons. The molecule has 1 aliphatic rings. The van der Waals surface area contributed by atoms with E-state index in [9.17, 15) is 9.59 Å². The maximum atomic E-state index is 11.8. The molecule has 0 aliphatic carbocycles. The van der Waals surface area contributed by atoms with Gasteiger partial charge in [0.2, 0.25) is 11.8 Å². The molecule has 1 aromatic rings. The van der Waals surface area contributed by atoms with Crippen LogP contribution >= 0.6 is 15.9 Å². The van der Waals surface area contributed by atoms with E-state index >= 15 is 0 Å². The Morgan fingerprint density at radius 2 is 2.41 bits per heavy atom. The van der Waals surface area contributed by atoms with Crippen molar-refractivity contribution in [1.29, 1.82) is 0 Å². The number of amides is 2. The van der Waals surface area contributed by atoms with E-state index in [1.807, 2.05) is 13.0 Å². The number of carbonyl (C=O) groups is 2. The molecule has 2 rings (SSSR count). The largest absolute Gasteiger partial charge is 0.344 e. The van der Waals surface area contributed by atoms with Gasteiger partial charge in [0.15, 0.2) is 0 Å². The van der Waals surface area contributed by atoms with Gasteiger partial charge in [-0.05, 0) is 40.9 Å². The van der Waals surface area contributed by atoms with Crippen LogP contribution in [0.2, 0.25) is 0 Å². The van der Waals surface area contributed by atoms with Crippen LogP contribution in [0.5, 0.6) is 0 Å². The first kappa shape index (κ1) is 12.0. The van der Waals surface area contributed by atoms with Crippen molar-refractivity contribution in [1.82, 2.24) is 10.3 Å². The summed E-state index contributed by atoms with van der Waals surface area (Å²) in [5.41, 5.74) is 0.872. The van der Waals surface area contributed by atoms with Crippen LogP contribution in [0.1, 0.15) is 18.4 Å². The van der Waals surface area contributed by atoms with Crippen molar-refractivity contribution >= 4 is 33.6 Å². The lowest BCUT2D eigenvalue weighted by atomic mass is 10.2. The summed E-state index contributed by atoms with van der Waals surface area (Å²) < 4.78 is 0.863. The molecule has 1 saturated heterocycles. The number of carbonyl (C=O) groups excluding carboxylic acids is 2. The van der Waals surface area contributed by atoms with E-state index in [0.29, 0.717) is 18.7 Å². The zero-order valence-electron chi connectivity index (χ0n) is 9.29. The summed E-state index contributed by atoms with van der Waals surface area (Å²) in [7, 11) is 0. The molecule has 0 aromatic carbocycles. The van der Waals surface area contributed by atoms with E-state index in [-0.39, 0.29) is 11.8 Å². The molecule has 6 heteroatoms. The Balaban J connectivity index is 2.05. The molecule has 0 unspecified atom stereocenters. The van der Waals surface area contributed by atoms with Crippen molar-refractivity contribution in [2.24, 2.45) is 0 Å². The van der Waals surface area contributed by atoms with Crippen molar-refractivity contribution < 1.29 is 9.59 Å². The minimum Gasteiger partial charge on any atom is -0.344 e. The molecule has 2 N–H and O–H groups in total. The summed E-state index contributed by atoms with van der Waals surface area (Å²) in [5.74, 6) is 0.235. The number of aromatic nitrogens is 1. The molecule has 1 aliphatic heterocycles. The van der Waals surface area contributed by atoms with Gasteiger partial charge >= 0.3 is 0 Å². The Hall–Kier alpha value is -1.43. The lowest BCUT2D eigenvalue weighted by Crippen LogP contribution is -2.37. The van der Waals surface area contributed by atoms with Crippen LogP contribution in [0.15, 0.2) is 16.7 Å². The second kappa shape index (κ2) is 4.83. The Labute approximate surface area is 107 Å². The maximum absolute atomic E-state index is 11.8. The lowest BCUT2D eigenvalue weighted by Gasteiger charge is -2.11. The van der Waals surface area contributed by atoms with Gasteiger partial charge in [0.1, 0.15) is 11.9 Å². The molecule has 2 amide bonds. The van der Waals surface area contributed by atoms with Crippen molar-refractivity contribution in [2.75, 3.05) is 5.32 Å². The topological polar surface area (TPSA) is 71.1 Å². The third kappa shape index (κ3) is 2.82. The molecule has 0 saturated carbocycles. The van der Waals surface area contributed by atoms with E-state index in [1.165, 1.54) is 0 Å². The minimum atomic E-state index is -0.438. The van der Waals surface area contributed by atoms with Gasteiger partial charge in [-0.1, -0.05) is 0 Å². The Morgan fingerprint density at radius 1 is 1.65 bits per heavy atom. The Bertz CT molecular complexity index is 476. The van der Waals surface area contributed by atoms with Crippen LogP contribution in [0.25, 0.3) is 0 Å². The monoisotopic (exact) mass is 297 g/mol. The van der Waals surface area contributed by atoms with E-state index in [1.54, 1.807) is 6.20 Å². The number of pyridine rings is 1. The van der Waals surface area contributed by atoms with Crippen molar-refractivity contribution in [3.05, 3.63) is 22.3 Å². The highest BCUT2D eigenvalue weighted by Gasteiger charge is 2.27. The molecule has 17 heavy (non-hydrogen) atoms. The number of hydrogen-bond donors (Lipinski definition) is 2. The summed E-state index contributed by atoms with van der Waals surface area (Å²) >= 11 is 3.30. The fraction of sp³-hybridized carbons (Fsp3) is 0.364. The highest BCUT2D eigenvalue weighted by Crippen LogP contribution is 2.17. The average Bonchev–Trinajstić information content (AvgIpc) is 2.69. The molecular formula is C11H12BrN3O2. The molecule has 1 aromatic heterocycles. The molecule has 5 nitrogen and oxygen atoms in total. The van der Waals surface area contributed by atoms with Crippen molar-refractivity contribution in [3.63, 3.8) is 0 Å². The van der Waals surface area contributed by atoms with Crippen LogP contribution in [-0.2, 0) is 9.59 Å². The quantitative estimate of drug-likeness (QED) is 0.866. The summed E-state index contributed by atoms with van der Waals surface area (Å²) in [6.45, 7) is 1.86. The zero-order valence-corrected chi connectivity index (χ0v) is 10.9. The molecule has 1 atom stereocenters. The standard InChI is InChI=1S/C11H12BrN3O2/c1-6-4-7(12)5-13-10(6)15-11(17)8-2-3-9(16)14-8/h4-5,8H,2-3H2,1H3,(H,14,16)(H,13,15,17)/t8-/m1/s1. The summed E-state index contributed by atoms with van der Waals surface area (Å²) in [5, 5.41) is 5.33. The Morgan fingerprint density at radius 3 is 3.00 bits per heavy atom. The van der Waals surface area contributed by atoms with E-state index < -0.39 is 6.04 Å². The summed E-state index contributed by atoms with van der Waals surface area (Å²) in [6, 6.07) is 1.43. The number of nitrogens with zero attached hydrogens (tertiary/aromatic N) is 1. The van der Waals surface area contributed by atoms with E-state index in [0.717, 1.165) is 10.0 Å². The third-order valence-electron chi connectivity index (χ3n) is 2.60. The molecule has 0 spiro atoms. The number of rotatable bonds is 2. The number of hydrogen-bond acceptors (Lipinski definition) is 3. The van der Waals surface area contributed by atoms with Gasteiger partial charge < -0.3 is 10.6 Å². The number of nitrogens with one attached hydrogen (secondary N) is 2. The zero-order chi connectivity index (χ0) is 12.4. The fourth-order valence-corrected chi connectivity index (χ4v) is 2.13. The number of anilines is 1. The lowest BCUT2D eigenvalue weighted by molar-refractivity contribution is -0.122. The summed E-state index contributed by atoms with van der Waals surface area (Å²) in [4.78, 5) is 26.9. The molecule has 0 radical (unpaired) electrons. The van der Waals surface area contributed by atoms with Gasteiger partial charge in [0, 0.05) is 17.1 Å². The second-order valence-electron chi connectivity index (χ2n) is 3.97. The number of aryl methyl sites for hydroxylation is 1. The SMILES string of the molecule is Cc1cc(Br)cnc1NC(=O)[C@H]1CCC(=O)N1. The van der Waals surface area contributed by atoms with E-state index in [2.05, 4.69) is 31.5 Å². The van der Waals surface area contributed by atoms with Crippen molar-refractivity contribution in [3.8, 4) is 0 Å². The molecule has 0 bridgehead atoms. The van der Waals surface area contributed by atoms with Crippen LogP contribution in [0.4, 0.5) is 5.82 Å². The fourth-order valence-electron chi connectivity index (χ4n) is 1.69. The molecule has 2 heterocycles. The van der Waals surface area contributed by atoms with Crippen molar-refractivity contribution in [2.45, 2.75) is 25.8 Å². The first-order valence-electron chi connectivity index (χ1n) is 5.28. The first-order valence-corrected chi connectivity index (χ1v) is 6.08. The van der Waals surface area contributed by atoms with Crippen LogP contribution in [0.3, 0.4) is 0 Å². The van der Waals surface area contributed by atoms with Crippen LogP contribution in [0, 0.1) is 6.92 Å². The minimum absolute atomic E-state index is 0.0781. The second-order valence-corrected chi connectivity index (χ2v) is 4.88. The molecule has 1 fully saturated rings. The first-order chi connectivity index (χ1) is 8.06. The highest BCUT2D eigenvalue weighted by atomic mass is 79.9. The van der Waals surface area contributed by atoms with Gasteiger partial charge in [-0.2, -0.15) is 0 Å². The highest BCUT2D eigenvalue weighted by molar-refractivity contribution is 9.10. The molecular weight excluding hydrogens is 286 g/mol. The smallest absolute Gasteiger partial charge is 0.248 e. The van der Waals surface area contributed by atoms with Crippen LogP contribution in [-0.4, -0.2) is 22.8 Å².